The summed E-state index contributed by atoms with van der Waals surface area (Å²) in [7, 11) is 0. The quantitative estimate of drug-likeness (QED) is 0.807. The summed E-state index contributed by atoms with van der Waals surface area (Å²) in [4.78, 5) is 26.1. The highest BCUT2D eigenvalue weighted by Crippen LogP contribution is 2.29. The lowest BCUT2D eigenvalue weighted by molar-refractivity contribution is -0.130. The molecule has 5 heteroatoms. The van der Waals surface area contributed by atoms with Gasteiger partial charge in [-0.25, -0.2) is 4.79 Å². The minimum atomic E-state index is -0.108. The number of nitrogens with zero attached hydrogens (tertiary/aromatic N) is 1. The summed E-state index contributed by atoms with van der Waals surface area (Å²) in [5.41, 5.74) is 2.60. The van der Waals surface area contributed by atoms with E-state index in [0.717, 1.165) is 58.0 Å². The first-order valence-corrected chi connectivity index (χ1v) is 9.64. The Morgan fingerprint density at radius 3 is 2.92 bits per heavy atom. The number of rotatable bonds is 5. The van der Waals surface area contributed by atoms with Crippen LogP contribution in [0.4, 0.5) is 4.79 Å². The van der Waals surface area contributed by atoms with Gasteiger partial charge in [0.1, 0.15) is 0 Å². The Balaban J connectivity index is 1.39. The molecule has 0 aromatic heterocycles. The molecule has 3 rings (SSSR count). The molecule has 2 N–H and O–H groups in total. The summed E-state index contributed by atoms with van der Waals surface area (Å²) < 4.78 is 0. The number of carbonyl (C=O) groups excluding carboxylic acids is 2. The largest absolute Gasteiger partial charge is 0.343 e. The van der Waals surface area contributed by atoms with Crippen LogP contribution in [0.2, 0.25) is 0 Å². The van der Waals surface area contributed by atoms with E-state index in [9.17, 15) is 9.59 Å². The van der Waals surface area contributed by atoms with Crippen LogP contribution >= 0.6 is 0 Å². The highest BCUT2D eigenvalue weighted by atomic mass is 16.2. The normalized spacial score (nSPS) is 20.6. The summed E-state index contributed by atoms with van der Waals surface area (Å²) in [5, 5.41) is 6.04. The van der Waals surface area contributed by atoms with Crippen molar-refractivity contribution in [2.75, 3.05) is 19.6 Å². The third kappa shape index (κ3) is 4.97. The molecule has 3 amide bonds. The van der Waals surface area contributed by atoms with Gasteiger partial charge in [-0.3, -0.25) is 4.79 Å². The summed E-state index contributed by atoms with van der Waals surface area (Å²) >= 11 is 0. The second-order valence-corrected chi connectivity index (χ2v) is 7.09. The highest BCUT2D eigenvalue weighted by molar-refractivity contribution is 5.76. The van der Waals surface area contributed by atoms with Crippen molar-refractivity contribution in [2.24, 2.45) is 0 Å². The maximum Gasteiger partial charge on any atom is 0.315 e. The van der Waals surface area contributed by atoms with E-state index in [-0.39, 0.29) is 18.0 Å². The summed E-state index contributed by atoms with van der Waals surface area (Å²) in [6.45, 7) is 2.21. The first-order valence-electron chi connectivity index (χ1n) is 9.64. The lowest BCUT2D eigenvalue weighted by Crippen LogP contribution is -2.40. The molecule has 1 atom stereocenters. The van der Waals surface area contributed by atoms with Crippen LogP contribution in [-0.2, 0) is 11.2 Å². The smallest absolute Gasteiger partial charge is 0.315 e. The molecular weight excluding hydrogens is 314 g/mol. The predicted octanol–water partition coefficient (Wildman–Crippen LogP) is 3.16. The van der Waals surface area contributed by atoms with E-state index in [1.54, 1.807) is 0 Å². The van der Waals surface area contributed by atoms with Crippen molar-refractivity contribution >= 4 is 11.9 Å². The number of fused-ring (bicyclic) bond motifs is 1. The van der Waals surface area contributed by atoms with Crippen LogP contribution in [0.5, 0.6) is 0 Å². The van der Waals surface area contributed by atoms with Gasteiger partial charge in [-0.15, -0.1) is 0 Å². The van der Waals surface area contributed by atoms with E-state index in [1.165, 1.54) is 11.1 Å². The van der Waals surface area contributed by atoms with Gasteiger partial charge >= 0.3 is 6.03 Å². The Hall–Kier alpha value is -2.04. The Morgan fingerprint density at radius 2 is 2.00 bits per heavy atom. The number of hydrogen-bond acceptors (Lipinski definition) is 2. The van der Waals surface area contributed by atoms with Gasteiger partial charge in [0.25, 0.3) is 0 Å². The summed E-state index contributed by atoms with van der Waals surface area (Å²) in [5.74, 6) is 0.265. The number of benzene rings is 1. The third-order valence-corrected chi connectivity index (χ3v) is 5.24. The van der Waals surface area contributed by atoms with Crippen LogP contribution in [0.3, 0.4) is 0 Å². The lowest BCUT2D eigenvalue weighted by atomic mass is 9.88. The van der Waals surface area contributed by atoms with Gasteiger partial charge in [-0.05, 0) is 49.7 Å². The molecule has 1 unspecified atom stereocenters. The van der Waals surface area contributed by atoms with Crippen molar-refractivity contribution in [3.8, 4) is 0 Å². The van der Waals surface area contributed by atoms with E-state index >= 15 is 0 Å². The molecule has 1 aromatic carbocycles. The van der Waals surface area contributed by atoms with Gasteiger partial charge in [0, 0.05) is 26.1 Å². The van der Waals surface area contributed by atoms with E-state index in [1.807, 2.05) is 11.0 Å². The Morgan fingerprint density at radius 1 is 1.12 bits per heavy atom. The van der Waals surface area contributed by atoms with E-state index < -0.39 is 0 Å². The van der Waals surface area contributed by atoms with Crippen LogP contribution in [0.1, 0.15) is 62.1 Å². The molecule has 1 aromatic rings. The zero-order valence-electron chi connectivity index (χ0n) is 14.9. The van der Waals surface area contributed by atoms with Crippen LogP contribution in [0.25, 0.3) is 0 Å². The third-order valence-electron chi connectivity index (χ3n) is 5.24. The standard InChI is InChI=1S/C20H29N3O2/c24-19-12-2-1-5-14-23(19)15-7-13-21-20(25)22-18-11-6-9-16-8-3-4-10-17(16)18/h3-4,8,10,18H,1-2,5-7,9,11-15H2,(H2,21,22,25). The zero-order chi connectivity index (χ0) is 17.5. The van der Waals surface area contributed by atoms with Gasteiger partial charge in [0.2, 0.25) is 5.91 Å². The zero-order valence-corrected chi connectivity index (χ0v) is 14.9. The number of likely N-dealkylation sites (tertiary alicyclic amines) is 1. The van der Waals surface area contributed by atoms with Crippen molar-refractivity contribution in [3.05, 3.63) is 35.4 Å². The molecule has 0 bridgehead atoms. The molecule has 5 nitrogen and oxygen atoms in total. The van der Waals surface area contributed by atoms with Gasteiger partial charge in [0.05, 0.1) is 6.04 Å². The first kappa shape index (κ1) is 17.8. The molecule has 2 aliphatic rings. The van der Waals surface area contributed by atoms with E-state index in [0.29, 0.717) is 13.0 Å². The van der Waals surface area contributed by atoms with Crippen molar-refractivity contribution in [1.29, 1.82) is 0 Å². The van der Waals surface area contributed by atoms with Crippen LogP contribution in [0, 0.1) is 0 Å². The molecule has 1 aliphatic heterocycles. The number of aryl methyl sites for hydroxylation is 1. The molecule has 0 radical (unpaired) electrons. The van der Waals surface area contributed by atoms with Crippen LogP contribution in [-0.4, -0.2) is 36.5 Å². The van der Waals surface area contributed by atoms with E-state index in [2.05, 4.69) is 28.8 Å². The van der Waals surface area contributed by atoms with Crippen LogP contribution < -0.4 is 10.6 Å². The number of nitrogens with one attached hydrogen (secondary N) is 2. The van der Waals surface area contributed by atoms with Gasteiger partial charge in [-0.1, -0.05) is 30.7 Å². The molecule has 1 saturated heterocycles. The minimum absolute atomic E-state index is 0.108. The molecule has 136 valence electrons. The molecular formula is C20H29N3O2. The fraction of sp³-hybridized carbons (Fsp3) is 0.600. The summed E-state index contributed by atoms with van der Waals surface area (Å²) in [6, 6.07) is 8.37. The Bertz CT molecular complexity index is 602. The average molecular weight is 343 g/mol. The highest BCUT2D eigenvalue weighted by Gasteiger charge is 2.21. The van der Waals surface area contributed by atoms with Crippen molar-refractivity contribution in [3.63, 3.8) is 0 Å². The Labute approximate surface area is 150 Å². The monoisotopic (exact) mass is 343 g/mol. The number of hydrogen-bond donors (Lipinski definition) is 2. The van der Waals surface area contributed by atoms with Gasteiger partial charge < -0.3 is 15.5 Å². The van der Waals surface area contributed by atoms with Gasteiger partial charge in [0.15, 0.2) is 0 Å². The SMILES string of the molecule is O=C(NCCCN1CCCCCC1=O)NC1CCCc2ccccc21. The van der Waals surface area contributed by atoms with Crippen molar-refractivity contribution in [1.82, 2.24) is 15.5 Å². The van der Waals surface area contributed by atoms with E-state index in [4.69, 9.17) is 0 Å². The maximum atomic E-state index is 12.2. The number of carbonyl (C=O) groups is 2. The Kier molecular flexibility index (Phi) is 6.31. The number of amides is 3. The predicted molar refractivity (Wildman–Crippen MR) is 98.3 cm³/mol. The maximum absolute atomic E-state index is 12.2. The number of urea groups is 1. The first-order chi connectivity index (χ1) is 12.2. The fourth-order valence-corrected chi connectivity index (χ4v) is 3.86. The second-order valence-electron chi connectivity index (χ2n) is 7.09. The fourth-order valence-electron chi connectivity index (χ4n) is 3.86. The molecule has 1 aliphatic carbocycles. The summed E-state index contributed by atoms with van der Waals surface area (Å²) in [6.07, 6.45) is 7.94. The molecule has 25 heavy (non-hydrogen) atoms. The van der Waals surface area contributed by atoms with Crippen molar-refractivity contribution in [2.45, 2.75) is 57.4 Å². The minimum Gasteiger partial charge on any atom is -0.343 e. The molecule has 1 heterocycles. The lowest BCUT2D eigenvalue weighted by Gasteiger charge is -2.26. The molecule has 0 spiro atoms. The molecule has 0 saturated carbocycles. The van der Waals surface area contributed by atoms with Gasteiger partial charge in [-0.2, -0.15) is 0 Å². The topological polar surface area (TPSA) is 61.4 Å². The molecule has 1 fully saturated rings. The van der Waals surface area contributed by atoms with Crippen molar-refractivity contribution < 1.29 is 9.59 Å². The average Bonchev–Trinajstić information content (AvgIpc) is 2.83. The second kappa shape index (κ2) is 8.88. The van der Waals surface area contributed by atoms with Crippen LogP contribution in [0.15, 0.2) is 24.3 Å².